The number of benzene rings is 1. The number of rotatable bonds is 5. The van der Waals surface area contributed by atoms with Crippen LogP contribution in [0.3, 0.4) is 0 Å². The van der Waals surface area contributed by atoms with Gasteiger partial charge in [0.2, 0.25) is 0 Å². The minimum absolute atomic E-state index is 0.0521. The zero-order valence-corrected chi connectivity index (χ0v) is 15.3. The smallest absolute Gasteiger partial charge is 0.257 e. The molecule has 0 radical (unpaired) electrons. The van der Waals surface area contributed by atoms with Crippen molar-refractivity contribution in [2.75, 3.05) is 6.26 Å². The molecule has 1 aromatic heterocycles. The Kier molecular flexibility index (Phi) is 5.13. The number of aryl methyl sites for hydroxylation is 1. The number of nitrogens with one attached hydrogen (secondary N) is 1. The predicted octanol–water partition coefficient (Wildman–Crippen LogP) is 3.00. The minimum atomic E-state index is -3.23. The largest absolute Gasteiger partial charge is 0.360 e. The molecule has 6 nitrogen and oxygen atoms in total. The van der Waals surface area contributed by atoms with Gasteiger partial charge >= 0.3 is 0 Å². The Hall–Kier alpha value is -2.15. The third-order valence-electron chi connectivity index (χ3n) is 3.80. The van der Waals surface area contributed by atoms with E-state index < -0.39 is 9.84 Å². The summed E-state index contributed by atoms with van der Waals surface area (Å²) >= 11 is 0. The average molecular weight is 350 g/mol. The average Bonchev–Trinajstić information content (AvgIpc) is 2.88. The first-order valence-electron chi connectivity index (χ1n) is 7.68. The summed E-state index contributed by atoms with van der Waals surface area (Å²) in [5.74, 6) is 0.359. The lowest BCUT2D eigenvalue weighted by Crippen LogP contribution is -2.27. The van der Waals surface area contributed by atoms with Crippen LogP contribution in [0.5, 0.6) is 0 Å². The standard InChI is InChI=1S/C17H22N2O4S/c1-10(2)16-15(12(4)19-23-16)17(20)18-11(3)13-6-8-14(9-7-13)24(5,21)22/h6-11H,1-5H3,(H,18,20). The third kappa shape index (κ3) is 3.84. The van der Waals surface area contributed by atoms with Gasteiger partial charge in [0.05, 0.1) is 16.6 Å². The van der Waals surface area contributed by atoms with Crippen LogP contribution in [0.1, 0.15) is 60.1 Å². The van der Waals surface area contributed by atoms with Gasteiger partial charge in [-0.25, -0.2) is 8.42 Å². The lowest BCUT2D eigenvalue weighted by atomic mass is 10.0. The number of amides is 1. The van der Waals surface area contributed by atoms with Crippen LogP contribution in [-0.4, -0.2) is 25.7 Å². The second-order valence-corrected chi connectivity index (χ2v) is 8.21. The molecule has 0 aliphatic carbocycles. The summed E-state index contributed by atoms with van der Waals surface area (Å²) in [6.45, 7) is 7.44. The Balaban J connectivity index is 2.19. The van der Waals surface area contributed by atoms with Crippen LogP contribution in [0.2, 0.25) is 0 Å². The molecule has 1 atom stereocenters. The Morgan fingerprint density at radius 3 is 2.25 bits per heavy atom. The number of aromatic nitrogens is 1. The van der Waals surface area contributed by atoms with Gasteiger partial charge in [0.15, 0.2) is 15.6 Å². The van der Waals surface area contributed by atoms with E-state index in [1.165, 1.54) is 12.1 Å². The van der Waals surface area contributed by atoms with Crippen LogP contribution in [0.4, 0.5) is 0 Å². The van der Waals surface area contributed by atoms with Crippen LogP contribution in [0, 0.1) is 6.92 Å². The normalized spacial score (nSPS) is 13.1. The van der Waals surface area contributed by atoms with Gasteiger partial charge < -0.3 is 9.84 Å². The number of carbonyl (C=O) groups is 1. The molecule has 1 unspecified atom stereocenters. The van der Waals surface area contributed by atoms with Crippen molar-refractivity contribution < 1.29 is 17.7 Å². The van der Waals surface area contributed by atoms with E-state index in [1.54, 1.807) is 19.1 Å². The number of hydrogen-bond acceptors (Lipinski definition) is 5. The van der Waals surface area contributed by atoms with Gasteiger partial charge in [-0.3, -0.25) is 4.79 Å². The van der Waals surface area contributed by atoms with Crippen molar-refractivity contribution >= 4 is 15.7 Å². The summed E-state index contributed by atoms with van der Waals surface area (Å²) in [5, 5.41) is 6.78. The van der Waals surface area contributed by atoms with E-state index in [2.05, 4.69) is 10.5 Å². The summed E-state index contributed by atoms with van der Waals surface area (Å²) in [7, 11) is -3.23. The van der Waals surface area contributed by atoms with Crippen LogP contribution in [0.15, 0.2) is 33.7 Å². The number of carbonyl (C=O) groups excluding carboxylic acids is 1. The van der Waals surface area contributed by atoms with E-state index in [4.69, 9.17) is 4.52 Å². The van der Waals surface area contributed by atoms with Crippen molar-refractivity contribution in [1.82, 2.24) is 10.5 Å². The molecule has 1 heterocycles. The molecule has 2 aromatic rings. The molecular weight excluding hydrogens is 328 g/mol. The lowest BCUT2D eigenvalue weighted by molar-refractivity contribution is 0.0936. The van der Waals surface area contributed by atoms with E-state index in [0.717, 1.165) is 11.8 Å². The molecule has 1 amide bonds. The minimum Gasteiger partial charge on any atom is -0.360 e. The highest BCUT2D eigenvalue weighted by Crippen LogP contribution is 2.23. The molecule has 0 fully saturated rings. The van der Waals surface area contributed by atoms with Crippen molar-refractivity contribution in [3.05, 3.63) is 46.8 Å². The molecule has 0 aliphatic rings. The Bertz CT molecular complexity index is 836. The maximum absolute atomic E-state index is 12.6. The lowest BCUT2D eigenvalue weighted by Gasteiger charge is -2.15. The molecule has 0 saturated carbocycles. The first kappa shape index (κ1) is 18.2. The summed E-state index contributed by atoms with van der Waals surface area (Å²) in [6.07, 6.45) is 1.16. The third-order valence-corrected chi connectivity index (χ3v) is 4.92. The first-order chi connectivity index (χ1) is 11.1. The van der Waals surface area contributed by atoms with Gasteiger partial charge in [-0.2, -0.15) is 0 Å². The van der Waals surface area contributed by atoms with Crippen LogP contribution >= 0.6 is 0 Å². The highest BCUT2D eigenvalue weighted by Gasteiger charge is 2.23. The van der Waals surface area contributed by atoms with E-state index in [1.807, 2.05) is 20.8 Å². The molecule has 130 valence electrons. The molecule has 0 bridgehead atoms. The summed E-state index contributed by atoms with van der Waals surface area (Å²) < 4.78 is 28.2. The molecule has 7 heteroatoms. The van der Waals surface area contributed by atoms with Gasteiger partial charge in [-0.1, -0.05) is 31.1 Å². The fourth-order valence-corrected chi connectivity index (χ4v) is 3.04. The predicted molar refractivity (Wildman–Crippen MR) is 90.8 cm³/mol. The molecule has 1 N–H and O–H groups in total. The van der Waals surface area contributed by atoms with E-state index in [9.17, 15) is 13.2 Å². The highest BCUT2D eigenvalue weighted by atomic mass is 32.2. The van der Waals surface area contributed by atoms with Crippen molar-refractivity contribution in [1.29, 1.82) is 0 Å². The van der Waals surface area contributed by atoms with E-state index >= 15 is 0 Å². The topological polar surface area (TPSA) is 89.3 Å². The Morgan fingerprint density at radius 1 is 1.17 bits per heavy atom. The second-order valence-electron chi connectivity index (χ2n) is 6.20. The molecule has 1 aromatic carbocycles. The van der Waals surface area contributed by atoms with Crippen molar-refractivity contribution in [3.63, 3.8) is 0 Å². The first-order valence-corrected chi connectivity index (χ1v) is 9.57. The molecule has 24 heavy (non-hydrogen) atoms. The zero-order chi connectivity index (χ0) is 18.1. The highest BCUT2D eigenvalue weighted by molar-refractivity contribution is 7.90. The monoisotopic (exact) mass is 350 g/mol. The zero-order valence-electron chi connectivity index (χ0n) is 14.5. The van der Waals surface area contributed by atoms with Crippen molar-refractivity contribution in [3.8, 4) is 0 Å². The van der Waals surface area contributed by atoms with Crippen LogP contribution < -0.4 is 5.32 Å². The van der Waals surface area contributed by atoms with E-state index in [0.29, 0.717) is 17.0 Å². The maximum atomic E-state index is 12.6. The summed E-state index contributed by atoms with van der Waals surface area (Å²) in [4.78, 5) is 12.8. The molecule has 0 saturated heterocycles. The van der Waals surface area contributed by atoms with Crippen LogP contribution in [-0.2, 0) is 9.84 Å². The maximum Gasteiger partial charge on any atom is 0.257 e. The quantitative estimate of drug-likeness (QED) is 0.895. The van der Waals surface area contributed by atoms with Gasteiger partial charge in [-0.15, -0.1) is 0 Å². The van der Waals surface area contributed by atoms with Crippen molar-refractivity contribution in [2.45, 2.75) is 44.6 Å². The fourth-order valence-electron chi connectivity index (χ4n) is 2.41. The van der Waals surface area contributed by atoms with E-state index in [-0.39, 0.29) is 22.8 Å². The molecular formula is C17H22N2O4S. The SMILES string of the molecule is Cc1noc(C(C)C)c1C(=O)NC(C)c1ccc(S(C)(=O)=O)cc1. The second kappa shape index (κ2) is 6.76. The van der Waals surface area contributed by atoms with Gasteiger partial charge in [0.25, 0.3) is 5.91 Å². The number of hydrogen-bond donors (Lipinski definition) is 1. The van der Waals surface area contributed by atoms with Gasteiger partial charge in [-0.05, 0) is 31.5 Å². The Labute approximate surface area is 142 Å². The van der Waals surface area contributed by atoms with Gasteiger partial charge in [0, 0.05) is 12.2 Å². The summed E-state index contributed by atoms with van der Waals surface area (Å²) in [6, 6.07) is 6.20. The molecule has 0 aliphatic heterocycles. The Morgan fingerprint density at radius 2 is 1.75 bits per heavy atom. The number of nitrogens with zero attached hydrogens (tertiary/aromatic N) is 1. The molecule has 0 spiro atoms. The van der Waals surface area contributed by atoms with Gasteiger partial charge in [0.1, 0.15) is 5.56 Å². The fraction of sp³-hybridized carbons (Fsp3) is 0.412. The van der Waals surface area contributed by atoms with Crippen LogP contribution in [0.25, 0.3) is 0 Å². The summed E-state index contributed by atoms with van der Waals surface area (Å²) in [5.41, 5.74) is 1.83. The molecule has 2 rings (SSSR count). The van der Waals surface area contributed by atoms with Crippen molar-refractivity contribution in [2.24, 2.45) is 0 Å². The number of sulfone groups is 1.